The summed E-state index contributed by atoms with van der Waals surface area (Å²) in [5.74, 6) is -1.19. The fourth-order valence-electron chi connectivity index (χ4n) is 2.54. The van der Waals surface area contributed by atoms with E-state index in [0.717, 1.165) is 5.56 Å². The summed E-state index contributed by atoms with van der Waals surface area (Å²) >= 11 is 0. The van der Waals surface area contributed by atoms with Gasteiger partial charge in [0, 0.05) is 19.2 Å². The maximum Gasteiger partial charge on any atom is 0.335 e. The predicted octanol–water partition coefficient (Wildman–Crippen LogP) is 2.18. The molecule has 0 bridgehead atoms. The SMILES string of the molecule is CS(=O)(=O)Cc1ccc(CNC(=O)CCc2ccccc2C(=O)O)cc1. The minimum Gasteiger partial charge on any atom is -0.478 e. The zero-order valence-electron chi connectivity index (χ0n) is 14.4. The molecule has 2 aromatic rings. The molecule has 0 unspecified atom stereocenters. The van der Waals surface area contributed by atoms with Gasteiger partial charge in [0.15, 0.2) is 9.84 Å². The Morgan fingerprint density at radius 3 is 2.23 bits per heavy atom. The van der Waals surface area contributed by atoms with Crippen LogP contribution in [0, 0.1) is 0 Å². The number of aromatic carboxylic acids is 1. The van der Waals surface area contributed by atoms with Crippen LogP contribution in [0.3, 0.4) is 0 Å². The van der Waals surface area contributed by atoms with E-state index in [1.165, 1.54) is 12.3 Å². The molecule has 0 aliphatic rings. The lowest BCUT2D eigenvalue weighted by Gasteiger charge is -2.08. The first-order chi connectivity index (χ1) is 12.2. The van der Waals surface area contributed by atoms with Gasteiger partial charge >= 0.3 is 5.97 Å². The number of carbonyl (C=O) groups excluding carboxylic acids is 1. The van der Waals surface area contributed by atoms with Gasteiger partial charge in [-0.1, -0.05) is 42.5 Å². The van der Waals surface area contributed by atoms with Crippen LogP contribution in [0.25, 0.3) is 0 Å². The highest BCUT2D eigenvalue weighted by Crippen LogP contribution is 2.11. The summed E-state index contributed by atoms with van der Waals surface area (Å²) in [7, 11) is -3.07. The van der Waals surface area contributed by atoms with Crippen LogP contribution in [0.15, 0.2) is 48.5 Å². The lowest BCUT2D eigenvalue weighted by molar-refractivity contribution is -0.121. The van der Waals surface area contributed by atoms with Crippen LogP contribution in [-0.4, -0.2) is 31.7 Å². The highest BCUT2D eigenvalue weighted by molar-refractivity contribution is 7.89. The molecular formula is C19H21NO5S. The number of hydrogen-bond donors (Lipinski definition) is 2. The van der Waals surface area contributed by atoms with E-state index >= 15 is 0 Å². The van der Waals surface area contributed by atoms with Crippen LogP contribution in [0.5, 0.6) is 0 Å². The lowest BCUT2D eigenvalue weighted by atomic mass is 10.0. The van der Waals surface area contributed by atoms with Gasteiger partial charge < -0.3 is 10.4 Å². The number of amides is 1. The third-order valence-electron chi connectivity index (χ3n) is 3.81. The number of carboxylic acids is 1. The quantitative estimate of drug-likeness (QED) is 0.736. The van der Waals surface area contributed by atoms with Crippen molar-refractivity contribution in [2.24, 2.45) is 0 Å². The van der Waals surface area contributed by atoms with Crippen LogP contribution < -0.4 is 5.32 Å². The Hall–Kier alpha value is -2.67. The molecule has 0 aromatic heterocycles. The van der Waals surface area contributed by atoms with E-state index in [1.54, 1.807) is 42.5 Å². The smallest absolute Gasteiger partial charge is 0.335 e. The molecule has 0 aliphatic heterocycles. The van der Waals surface area contributed by atoms with Gasteiger partial charge in [-0.15, -0.1) is 0 Å². The van der Waals surface area contributed by atoms with Crippen molar-refractivity contribution in [2.75, 3.05) is 6.26 Å². The van der Waals surface area contributed by atoms with E-state index < -0.39 is 15.8 Å². The lowest BCUT2D eigenvalue weighted by Crippen LogP contribution is -2.23. The van der Waals surface area contributed by atoms with Crippen LogP contribution in [0.2, 0.25) is 0 Å². The van der Waals surface area contributed by atoms with Crippen LogP contribution >= 0.6 is 0 Å². The highest BCUT2D eigenvalue weighted by atomic mass is 32.2. The predicted molar refractivity (Wildman–Crippen MR) is 98.6 cm³/mol. The number of aryl methyl sites for hydroxylation is 1. The second-order valence-corrected chi connectivity index (χ2v) is 8.27. The zero-order valence-corrected chi connectivity index (χ0v) is 15.3. The summed E-state index contributed by atoms with van der Waals surface area (Å²) in [4.78, 5) is 23.1. The number of hydrogen-bond acceptors (Lipinski definition) is 4. The zero-order chi connectivity index (χ0) is 19.2. The van der Waals surface area contributed by atoms with Crippen molar-refractivity contribution >= 4 is 21.7 Å². The number of rotatable bonds is 8. The molecule has 7 heteroatoms. The summed E-state index contributed by atoms with van der Waals surface area (Å²) in [6.45, 7) is 0.332. The Bertz CT molecular complexity index is 888. The maximum atomic E-state index is 12.0. The summed E-state index contributed by atoms with van der Waals surface area (Å²) < 4.78 is 22.5. The third kappa shape index (κ3) is 6.33. The Morgan fingerprint density at radius 1 is 1.00 bits per heavy atom. The van der Waals surface area contributed by atoms with E-state index in [-0.39, 0.29) is 23.6 Å². The Balaban J connectivity index is 1.85. The van der Waals surface area contributed by atoms with E-state index in [1.807, 2.05) is 0 Å². The molecule has 2 rings (SSSR count). The fraction of sp³-hybridized carbons (Fsp3) is 0.263. The monoisotopic (exact) mass is 375 g/mol. The number of carbonyl (C=O) groups is 2. The number of benzene rings is 2. The Labute approximate surface area is 152 Å². The third-order valence-corrected chi connectivity index (χ3v) is 4.67. The molecule has 0 atom stereocenters. The molecule has 2 aromatic carbocycles. The maximum absolute atomic E-state index is 12.0. The van der Waals surface area contributed by atoms with Crippen molar-refractivity contribution in [3.05, 3.63) is 70.8 Å². The van der Waals surface area contributed by atoms with E-state index in [0.29, 0.717) is 24.1 Å². The molecule has 26 heavy (non-hydrogen) atoms. The van der Waals surface area contributed by atoms with Gasteiger partial charge in [0.1, 0.15) is 0 Å². The molecule has 6 nitrogen and oxygen atoms in total. The Morgan fingerprint density at radius 2 is 1.62 bits per heavy atom. The summed E-state index contributed by atoms with van der Waals surface area (Å²) in [5, 5.41) is 11.9. The van der Waals surface area contributed by atoms with Crippen molar-refractivity contribution in [3.63, 3.8) is 0 Å². The van der Waals surface area contributed by atoms with Crippen LogP contribution in [-0.2, 0) is 33.4 Å². The topological polar surface area (TPSA) is 101 Å². The van der Waals surface area contributed by atoms with Crippen LogP contribution in [0.4, 0.5) is 0 Å². The van der Waals surface area contributed by atoms with Gasteiger partial charge in [-0.3, -0.25) is 4.79 Å². The average Bonchev–Trinajstić information content (AvgIpc) is 2.58. The van der Waals surface area contributed by atoms with Crippen molar-refractivity contribution in [3.8, 4) is 0 Å². The fourth-order valence-corrected chi connectivity index (χ4v) is 3.34. The minimum atomic E-state index is -3.07. The molecule has 0 saturated heterocycles. The second-order valence-electron chi connectivity index (χ2n) is 6.13. The largest absolute Gasteiger partial charge is 0.478 e. The molecule has 0 fully saturated rings. The number of nitrogens with one attached hydrogen (secondary N) is 1. The van der Waals surface area contributed by atoms with Crippen molar-refractivity contribution in [1.82, 2.24) is 5.32 Å². The molecule has 1 amide bonds. The van der Waals surface area contributed by atoms with Gasteiger partial charge in [0.2, 0.25) is 5.91 Å². The molecule has 0 heterocycles. The van der Waals surface area contributed by atoms with Gasteiger partial charge in [0.25, 0.3) is 0 Å². The number of sulfone groups is 1. The van der Waals surface area contributed by atoms with Gasteiger partial charge in [-0.25, -0.2) is 13.2 Å². The van der Waals surface area contributed by atoms with Gasteiger partial charge in [-0.05, 0) is 29.2 Å². The molecule has 2 N–H and O–H groups in total. The molecule has 138 valence electrons. The molecule has 0 spiro atoms. The van der Waals surface area contributed by atoms with Gasteiger partial charge in [-0.2, -0.15) is 0 Å². The second kappa shape index (κ2) is 8.62. The first-order valence-electron chi connectivity index (χ1n) is 8.08. The molecule has 0 aliphatic carbocycles. The summed E-state index contributed by atoms with van der Waals surface area (Å²) in [6.07, 6.45) is 1.72. The van der Waals surface area contributed by atoms with Crippen molar-refractivity contribution < 1.29 is 23.1 Å². The van der Waals surface area contributed by atoms with Crippen LogP contribution in [0.1, 0.15) is 33.5 Å². The standard InChI is InChI=1S/C19H21NO5S/c1-26(24,25)13-15-8-6-14(7-9-15)12-20-18(21)11-10-16-4-2-3-5-17(16)19(22)23/h2-9H,10-13H2,1H3,(H,20,21)(H,22,23). The van der Waals surface area contributed by atoms with Crippen molar-refractivity contribution in [1.29, 1.82) is 0 Å². The first kappa shape index (κ1) is 19.7. The average molecular weight is 375 g/mol. The molecule has 0 saturated carbocycles. The first-order valence-corrected chi connectivity index (χ1v) is 10.1. The summed E-state index contributed by atoms with van der Waals surface area (Å²) in [5.41, 5.74) is 2.40. The molecule has 0 radical (unpaired) electrons. The number of carboxylic acid groups (broad SMARTS) is 1. The molecular weight excluding hydrogens is 354 g/mol. The summed E-state index contributed by atoms with van der Waals surface area (Å²) in [6, 6.07) is 13.6. The van der Waals surface area contributed by atoms with Crippen molar-refractivity contribution in [2.45, 2.75) is 25.1 Å². The van der Waals surface area contributed by atoms with Gasteiger partial charge in [0.05, 0.1) is 11.3 Å². The van der Waals surface area contributed by atoms with E-state index in [2.05, 4.69) is 5.32 Å². The Kier molecular flexibility index (Phi) is 6.52. The normalized spacial score (nSPS) is 11.1. The minimum absolute atomic E-state index is 0.0113. The van der Waals surface area contributed by atoms with E-state index in [9.17, 15) is 18.0 Å². The van der Waals surface area contributed by atoms with E-state index in [4.69, 9.17) is 5.11 Å². The highest BCUT2D eigenvalue weighted by Gasteiger charge is 2.10.